The molecule has 3 unspecified atom stereocenters. The van der Waals surface area contributed by atoms with Crippen molar-refractivity contribution >= 4 is 15.9 Å². The summed E-state index contributed by atoms with van der Waals surface area (Å²) in [4.78, 5) is 11.8. The number of hydrogen-bond acceptors (Lipinski definition) is 3. The average molecular weight is 263 g/mol. The maximum atomic E-state index is 11.9. The van der Waals surface area contributed by atoms with Crippen LogP contribution >= 0.6 is 0 Å². The molecule has 0 aromatic rings. The van der Waals surface area contributed by atoms with Crippen LogP contribution in [0, 0.1) is 17.8 Å². The second kappa shape index (κ2) is 4.92. The molecule has 1 N–H and O–H groups in total. The third kappa shape index (κ3) is 2.97. The van der Waals surface area contributed by atoms with E-state index < -0.39 is 16.7 Å². The topological polar surface area (TPSA) is 63.2 Å². The summed E-state index contributed by atoms with van der Waals surface area (Å²) < 4.78 is 36.9. The van der Waals surface area contributed by atoms with Gasteiger partial charge in [-0.15, -0.1) is 0 Å². The van der Waals surface area contributed by atoms with Crippen LogP contribution in [0.3, 0.4) is 0 Å². The molecule has 2 fully saturated rings. The number of rotatable bonds is 5. The Hall–Kier alpha value is -0.650. The van der Waals surface area contributed by atoms with E-state index in [1.54, 1.807) is 0 Å². The minimum absolute atomic E-state index is 0.0562. The maximum absolute atomic E-state index is 11.9. The van der Waals surface area contributed by atoms with Crippen LogP contribution in [-0.2, 0) is 14.8 Å². The lowest BCUT2D eigenvalue weighted by Crippen LogP contribution is -2.39. The van der Waals surface area contributed by atoms with Crippen LogP contribution < -0.4 is 4.72 Å². The van der Waals surface area contributed by atoms with Crippen molar-refractivity contribution < 1.29 is 17.6 Å². The highest BCUT2D eigenvalue weighted by Gasteiger charge is 2.43. The number of sulfonamides is 1. The van der Waals surface area contributed by atoms with E-state index in [0.29, 0.717) is 11.8 Å². The van der Waals surface area contributed by atoms with Gasteiger partial charge in [0.25, 0.3) is 0 Å². The van der Waals surface area contributed by atoms with Gasteiger partial charge in [0.15, 0.2) is 0 Å². The first-order valence-electron chi connectivity index (χ1n) is 6.12. The van der Waals surface area contributed by atoms with Gasteiger partial charge in [-0.25, -0.2) is 8.42 Å². The van der Waals surface area contributed by atoms with Gasteiger partial charge in [-0.2, -0.15) is 0 Å². The summed E-state index contributed by atoms with van der Waals surface area (Å²) in [6, 6.07) is 0. The number of carbonyl (C=O) groups excluding carboxylic acids is 1. The first-order chi connectivity index (χ1) is 8.02. The summed E-state index contributed by atoms with van der Waals surface area (Å²) in [7, 11) is -3.64. The summed E-state index contributed by atoms with van der Waals surface area (Å²) in [5.41, 5.74) is 0. The Kier molecular flexibility index (Phi) is 3.70. The summed E-state index contributed by atoms with van der Waals surface area (Å²) in [5.74, 6) is 0.126. The van der Waals surface area contributed by atoms with Gasteiger partial charge >= 0.3 is 0 Å². The lowest BCUT2D eigenvalue weighted by Gasteiger charge is -2.20. The van der Waals surface area contributed by atoms with Gasteiger partial charge in [0.1, 0.15) is 0 Å². The third-order valence-electron chi connectivity index (χ3n) is 3.88. The van der Waals surface area contributed by atoms with Gasteiger partial charge in [-0.3, -0.25) is 13.9 Å². The molecule has 98 valence electrons. The highest BCUT2D eigenvalue weighted by Crippen LogP contribution is 2.48. The SMILES string of the molecule is O=C(NS(=O)(=O)CCCF)C1CC2CCC1C2. The van der Waals surface area contributed by atoms with Crippen molar-refractivity contribution in [2.75, 3.05) is 12.4 Å². The molecule has 4 nitrogen and oxygen atoms in total. The molecule has 2 aliphatic carbocycles. The summed E-state index contributed by atoms with van der Waals surface area (Å²) >= 11 is 0. The van der Waals surface area contributed by atoms with E-state index in [-0.39, 0.29) is 24.0 Å². The van der Waals surface area contributed by atoms with E-state index in [2.05, 4.69) is 4.72 Å². The first kappa shape index (κ1) is 12.8. The van der Waals surface area contributed by atoms with Crippen LogP contribution in [0.1, 0.15) is 32.1 Å². The van der Waals surface area contributed by atoms with Crippen LogP contribution in [0.5, 0.6) is 0 Å². The van der Waals surface area contributed by atoms with Crippen molar-refractivity contribution in [1.29, 1.82) is 0 Å². The Balaban J connectivity index is 1.89. The molecule has 0 aromatic carbocycles. The predicted molar refractivity (Wildman–Crippen MR) is 61.5 cm³/mol. The van der Waals surface area contributed by atoms with Crippen LogP contribution in [-0.4, -0.2) is 26.8 Å². The molecule has 0 spiro atoms. The summed E-state index contributed by atoms with van der Waals surface area (Å²) in [6.45, 7) is -0.677. The van der Waals surface area contributed by atoms with Gasteiger partial charge in [-0.1, -0.05) is 6.42 Å². The molecule has 0 saturated heterocycles. The standard InChI is InChI=1S/C11H18FNO3S/c12-4-1-5-17(15,16)13-11(14)10-7-8-2-3-9(10)6-8/h8-10H,1-7H2,(H,13,14). The molecule has 0 radical (unpaired) electrons. The minimum atomic E-state index is -3.64. The van der Waals surface area contributed by atoms with Gasteiger partial charge in [0.05, 0.1) is 12.4 Å². The summed E-state index contributed by atoms with van der Waals surface area (Å²) in [5, 5.41) is 0. The van der Waals surface area contributed by atoms with Gasteiger partial charge in [0.2, 0.25) is 15.9 Å². The molecule has 0 aliphatic heterocycles. The van der Waals surface area contributed by atoms with Gasteiger partial charge in [-0.05, 0) is 37.5 Å². The minimum Gasteiger partial charge on any atom is -0.274 e. The fourth-order valence-corrected chi connectivity index (χ4v) is 4.14. The number of alkyl halides is 1. The van der Waals surface area contributed by atoms with Crippen molar-refractivity contribution in [2.24, 2.45) is 17.8 Å². The van der Waals surface area contributed by atoms with Crippen LogP contribution in [0.4, 0.5) is 4.39 Å². The smallest absolute Gasteiger partial charge is 0.236 e. The first-order valence-corrected chi connectivity index (χ1v) is 7.77. The average Bonchev–Trinajstić information content (AvgIpc) is 2.87. The van der Waals surface area contributed by atoms with E-state index in [0.717, 1.165) is 19.3 Å². The molecule has 2 rings (SSSR count). The fraction of sp³-hybridized carbons (Fsp3) is 0.909. The lowest BCUT2D eigenvalue weighted by atomic mass is 9.88. The lowest BCUT2D eigenvalue weighted by molar-refractivity contribution is -0.124. The molecule has 2 saturated carbocycles. The van der Waals surface area contributed by atoms with Crippen molar-refractivity contribution in [3.8, 4) is 0 Å². The number of fused-ring (bicyclic) bond motifs is 2. The zero-order valence-corrected chi connectivity index (χ0v) is 10.5. The molecule has 1 amide bonds. The van der Waals surface area contributed by atoms with E-state index in [9.17, 15) is 17.6 Å². The number of amides is 1. The van der Waals surface area contributed by atoms with E-state index in [4.69, 9.17) is 0 Å². The second-order valence-electron chi connectivity index (χ2n) is 5.11. The van der Waals surface area contributed by atoms with E-state index in [1.165, 1.54) is 6.42 Å². The van der Waals surface area contributed by atoms with Crippen molar-refractivity contribution in [2.45, 2.75) is 32.1 Å². The predicted octanol–water partition coefficient (Wildman–Crippen LogP) is 1.23. The highest BCUT2D eigenvalue weighted by molar-refractivity contribution is 7.90. The molecular formula is C11H18FNO3S. The van der Waals surface area contributed by atoms with Crippen molar-refractivity contribution in [1.82, 2.24) is 4.72 Å². The fourth-order valence-electron chi connectivity index (χ4n) is 3.09. The van der Waals surface area contributed by atoms with Crippen molar-refractivity contribution in [3.63, 3.8) is 0 Å². The Morgan fingerprint density at radius 3 is 2.59 bits per heavy atom. The molecule has 0 aromatic heterocycles. The molecule has 2 bridgehead atoms. The Bertz CT molecular complexity index is 396. The zero-order valence-electron chi connectivity index (χ0n) is 9.69. The number of nitrogens with one attached hydrogen (secondary N) is 1. The normalized spacial score (nSPS) is 31.7. The van der Waals surface area contributed by atoms with Gasteiger partial charge in [0, 0.05) is 5.92 Å². The zero-order chi connectivity index (χ0) is 12.5. The highest BCUT2D eigenvalue weighted by atomic mass is 32.2. The van der Waals surface area contributed by atoms with Gasteiger partial charge < -0.3 is 0 Å². The Morgan fingerprint density at radius 1 is 1.29 bits per heavy atom. The quantitative estimate of drug-likeness (QED) is 0.811. The number of hydrogen-bond donors (Lipinski definition) is 1. The maximum Gasteiger partial charge on any atom is 0.236 e. The Labute approximate surface area is 101 Å². The van der Waals surface area contributed by atoms with E-state index >= 15 is 0 Å². The van der Waals surface area contributed by atoms with Crippen LogP contribution in [0.2, 0.25) is 0 Å². The molecule has 0 heterocycles. The second-order valence-corrected chi connectivity index (χ2v) is 6.95. The molecule has 3 atom stereocenters. The van der Waals surface area contributed by atoms with Crippen LogP contribution in [0.15, 0.2) is 0 Å². The summed E-state index contributed by atoms with van der Waals surface area (Å²) in [6.07, 6.45) is 4.02. The van der Waals surface area contributed by atoms with Crippen LogP contribution in [0.25, 0.3) is 0 Å². The number of carbonyl (C=O) groups is 1. The number of halogens is 1. The Morgan fingerprint density at radius 2 is 2.06 bits per heavy atom. The van der Waals surface area contributed by atoms with E-state index in [1.807, 2.05) is 0 Å². The third-order valence-corrected chi connectivity index (χ3v) is 5.22. The molecule has 17 heavy (non-hydrogen) atoms. The molecular weight excluding hydrogens is 245 g/mol. The largest absolute Gasteiger partial charge is 0.274 e. The monoisotopic (exact) mass is 263 g/mol. The van der Waals surface area contributed by atoms with Crippen molar-refractivity contribution in [3.05, 3.63) is 0 Å². The molecule has 2 aliphatic rings. The molecule has 6 heteroatoms.